The number of hydrogen-bond donors (Lipinski definition) is 2. The summed E-state index contributed by atoms with van der Waals surface area (Å²) < 4.78 is 29.3. The zero-order valence-electron chi connectivity index (χ0n) is 11.7. The molecule has 6 heteroatoms. The molecule has 114 valence electrons. The molecule has 0 bridgehead atoms. The Morgan fingerprint density at radius 2 is 2.00 bits per heavy atom. The van der Waals surface area contributed by atoms with E-state index in [1.807, 2.05) is 0 Å². The number of nitrogens with zero attached hydrogens (tertiary/aromatic N) is 1. The van der Waals surface area contributed by atoms with Gasteiger partial charge in [0.15, 0.2) is 0 Å². The zero-order chi connectivity index (χ0) is 15.1. The number of H-pyrrole nitrogens is 1. The molecule has 0 unspecified atom stereocenters. The average molecular weight is 295 g/mol. The minimum Gasteiger partial charge on any atom is -0.434 e. The van der Waals surface area contributed by atoms with Crippen molar-refractivity contribution in [2.24, 2.45) is 5.73 Å². The third kappa shape index (κ3) is 4.53. The molecule has 0 spiro atoms. The molecule has 0 saturated heterocycles. The van der Waals surface area contributed by atoms with Crippen molar-refractivity contribution in [3.05, 3.63) is 36.3 Å². The number of para-hydroxylation sites is 1. The number of rotatable bonds is 8. The third-order valence-electron chi connectivity index (χ3n) is 3.14. The number of aryl methyl sites for hydroxylation is 1. The predicted molar refractivity (Wildman–Crippen MR) is 77.3 cm³/mol. The highest BCUT2D eigenvalue weighted by atomic mass is 19.3. The first-order valence-electron chi connectivity index (χ1n) is 6.99. The SMILES string of the molecule is NCCCCCc1ncc(-c2ccccc2OC(F)F)[nH]1. The average Bonchev–Trinajstić information content (AvgIpc) is 2.92. The van der Waals surface area contributed by atoms with Crippen LogP contribution in [-0.4, -0.2) is 23.1 Å². The van der Waals surface area contributed by atoms with Crippen molar-refractivity contribution in [2.45, 2.75) is 32.3 Å². The van der Waals surface area contributed by atoms with Gasteiger partial charge in [-0.2, -0.15) is 8.78 Å². The van der Waals surface area contributed by atoms with Crippen LogP contribution in [0.3, 0.4) is 0 Å². The molecule has 2 aromatic rings. The summed E-state index contributed by atoms with van der Waals surface area (Å²) >= 11 is 0. The Bertz CT molecular complexity index is 557. The first kappa shape index (κ1) is 15.4. The van der Waals surface area contributed by atoms with E-state index in [1.165, 1.54) is 6.07 Å². The molecule has 0 radical (unpaired) electrons. The summed E-state index contributed by atoms with van der Waals surface area (Å²) in [7, 11) is 0. The topological polar surface area (TPSA) is 63.9 Å². The molecule has 0 saturated carbocycles. The number of halogens is 2. The zero-order valence-corrected chi connectivity index (χ0v) is 11.7. The number of ether oxygens (including phenoxy) is 1. The van der Waals surface area contributed by atoms with Crippen molar-refractivity contribution in [1.29, 1.82) is 0 Å². The van der Waals surface area contributed by atoms with Gasteiger partial charge in [0.2, 0.25) is 0 Å². The molecule has 0 aliphatic rings. The fourth-order valence-corrected chi connectivity index (χ4v) is 2.13. The van der Waals surface area contributed by atoms with Crippen LogP contribution in [0.2, 0.25) is 0 Å². The van der Waals surface area contributed by atoms with Gasteiger partial charge >= 0.3 is 6.61 Å². The van der Waals surface area contributed by atoms with Crippen molar-refractivity contribution in [3.63, 3.8) is 0 Å². The summed E-state index contributed by atoms with van der Waals surface area (Å²) in [5.41, 5.74) is 6.71. The number of aromatic nitrogens is 2. The molecule has 0 atom stereocenters. The minimum absolute atomic E-state index is 0.144. The van der Waals surface area contributed by atoms with E-state index < -0.39 is 6.61 Å². The number of nitrogens with two attached hydrogens (primary N) is 1. The van der Waals surface area contributed by atoms with Crippen LogP contribution < -0.4 is 10.5 Å². The van der Waals surface area contributed by atoms with E-state index in [9.17, 15) is 8.78 Å². The lowest BCUT2D eigenvalue weighted by atomic mass is 10.1. The van der Waals surface area contributed by atoms with Gasteiger partial charge in [0.05, 0.1) is 11.9 Å². The second kappa shape index (κ2) is 7.73. The molecule has 0 aliphatic carbocycles. The van der Waals surface area contributed by atoms with Gasteiger partial charge in [0, 0.05) is 12.0 Å². The van der Waals surface area contributed by atoms with Gasteiger partial charge in [-0.1, -0.05) is 18.6 Å². The van der Waals surface area contributed by atoms with Crippen LogP contribution in [0.1, 0.15) is 25.1 Å². The lowest BCUT2D eigenvalue weighted by Gasteiger charge is -2.08. The highest BCUT2D eigenvalue weighted by Gasteiger charge is 2.12. The van der Waals surface area contributed by atoms with Crippen LogP contribution in [-0.2, 0) is 6.42 Å². The second-order valence-electron chi connectivity index (χ2n) is 4.72. The lowest BCUT2D eigenvalue weighted by Crippen LogP contribution is -2.03. The van der Waals surface area contributed by atoms with Crippen LogP contribution in [0.5, 0.6) is 5.75 Å². The van der Waals surface area contributed by atoms with E-state index in [0.29, 0.717) is 17.8 Å². The van der Waals surface area contributed by atoms with Crippen LogP contribution in [0.25, 0.3) is 11.3 Å². The summed E-state index contributed by atoms with van der Waals surface area (Å²) in [4.78, 5) is 7.43. The molecule has 1 aromatic heterocycles. The Balaban J connectivity index is 2.07. The normalized spacial score (nSPS) is 11.0. The number of nitrogens with one attached hydrogen (secondary N) is 1. The Hall–Kier alpha value is -1.95. The second-order valence-corrected chi connectivity index (χ2v) is 4.72. The van der Waals surface area contributed by atoms with Crippen LogP contribution in [0, 0.1) is 0 Å². The molecule has 4 nitrogen and oxygen atoms in total. The first-order chi connectivity index (χ1) is 10.2. The van der Waals surface area contributed by atoms with Crippen LogP contribution >= 0.6 is 0 Å². The van der Waals surface area contributed by atoms with E-state index in [1.54, 1.807) is 24.4 Å². The van der Waals surface area contributed by atoms with Crippen molar-refractivity contribution >= 4 is 0 Å². The maximum atomic E-state index is 12.4. The monoisotopic (exact) mass is 295 g/mol. The molecule has 3 N–H and O–H groups in total. The maximum absolute atomic E-state index is 12.4. The number of benzene rings is 1. The molecular weight excluding hydrogens is 276 g/mol. The van der Waals surface area contributed by atoms with Crippen molar-refractivity contribution in [2.75, 3.05) is 6.54 Å². The maximum Gasteiger partial charge on any atom is 0.387 e. The van der Waals surface area contributed by atoms with E-state index in [-0.39, 0.29) is 5.75 Å². The molecule has 2 rings (SSSR count). The molecule has 0 fully saturated rings. The van der Waals surface area contributed by atoms with Crippen molar-refractivity contribution in [1.82, 2.24) is 9.97 Å². The van der Waals surface area contributed by atoms with Gasteiger partial charge < -0.3 is 15.5 Å². The number of aromatic amines is 1. The highest BCUT2D eigenvalue weighted by molar-refractivity contribution is 5.66. The first-order valence-corrected chi connectivity index (χ1v) is 6.99. The van der Waals surface area contributed by atoms with Gasteiger partial charge in [-0.3, -0.25) is 0 Å². The largest absolute Gasteiger partial charge is 0.434 e. The van der Waals surface area contributed by atoms with Crippen LogP contribution in [0.4, 0.5) is 8.78 Å². The quantitative estimate of drug-likeness (QED) is 0.734. The van der Waals surface area contributed by atoms with Gasteiger partial charge in [-0.15, -0.1) is 0 Å². The van der Waals surface area contributed by atoms with Gasteiger partial charge in [0.1, 0.15) is 11.6 Å². The van der Waals surface area contributed by atoms with Gasteiger partial charge in [0.25, 0.3) is 0 Å². The van der Waals surface area contributed by atoms with Crippen LogP contribution in [0.15, 0.2) is 30.5 Å². The Morgan fingerprint density at radius 1 is 1.19 bits per heavy atom. The summed E-state index contributed by atoms with van der Waals surface area (Å²) in [5, 5.41) is 0. The fraction of sp³-hybridized carbons (Fsp3) is 0.400. The molecular formula is C15H19F2N3O. The molecule has 21 heavy (non-hydrogen) atoms. The highest BCUT2D eigenvalue weighted by Crippen LogP contribution is 2.29. The lowest BCUT2D eigenvalue weighted by molar-refractivity contribution is -0.0494. The van der Waals surface area contributed by atoms with E-state index in [0.717, 1.165) is 31.5 Å². The number of alkyl halides is 2. The Morgan fingerprint density at radius 3 is 2.76 bits per heavy atom. The Kier molecular flexibility index (Phi) is 5.68. The third-order valence-corrected chi connectivity index (χ3v) is 3.14. The fourth-order valence-electron chi connectivity index (χ4n) is 2.13. The molecule has 0 aliphatic heterocycles. The standard InChI is InChI=1S/C15H19F2N3O/c16-15(17)21-13-7-4-3-6-11(13)12-10-19-14(20-12)8-2-1-5-9-18/h3-4,6-7,10,15H,1-2,5,8-9,18H2,(H,19,20). The minimum atomic E-state index is -2.84. The number of unbranched alkanes of at least 4 members (excludes halogenated alkanes) is 2. The van der Waals surface area contributed by atoms with Crippen molar-refractivity contribution in [3.8, 4) is 17.0 Å². The van der Waals surface area contributed by atoms with Gasteiger partial charge in [-0.05, 0) is 31.5 Å². The summed E-state index contributed by atoms with van der Waals surface area (Å²) in [6.45, 7) is -2.15. The molecule has 0 amide bonds. The van der Waals surface area contributed by atoms with E-state index in [4.69, 9.17) is 5.73 Å². The molecule has 1 aromatic carbocycles. The predicted octanol–water partition coefficient (Wildman–Crippen LogP) is 3.35. The van der Waals surface area contributed by atoms with Gasteiger partial charge in [-0.25, -0.2) is 4.98 Å². The summed E-state index contributed by atoms with van der Waals surface area (Å²) in [6.07, 6.45) is 5.51. The Labute approximate surface area is 122 Å². The molecule has 1 heterocycles. The summed E-state index contributed by atoms with van der Waals surface area (Å²) in [5.74, 6) is 0.986. The summed E-state index contributed by atoms with van der Waals surface area (Å²) in [6, 6.07) is 6.67. The smallest absolute Gasteiger partial charge is 0.387 e. The number of hydrogen-bond acceptors (Lipinski definition) is 3. The number of imidazole rings is 1. The van der Waals surface area contributed by atoms with Crippen molar-refractivity contribution < 1.29 is 13.5 Å². The van der Waals surface area contributed by atoms with E-state index in [2.05, 4.69) is 14.7 Å². The van der Waals surface area contributed by atoms with E-state index >= 15 is 0 Å².